The number of nitriles is 1. The van der Waals surface area contributed by atoms with Crippen LogP contribution in [0.1, 0.15) is 36.8 Å². The zero-order valence-electron chi connectivity index (χ0n) is 18.7. The van der Waals surface area contributed by atoms with E-state index in [-0.39, 0.29) is 62.3 Å². The molecule has 0 aliphatic heterocycles. The van der Waals surface area contributed by atoms with Crippen LogP contribution in [0.25, 0.3) is 21.5 Å². The molecule has 0 unspecified atom stereocenters. The molecule has 2 fully saturated rings. The third-order valence-corrected chi connectivity index (χ3v) is 6.73. The van der Waals surface area contributed by atoms with Gasteiger partial charge in [0, 0.05) is 0 Å². The van der Waals surface area contributed by atoms with Crippen molar-refractivity contribution in [3.8, 4) is 6.07 Å². The number of carboxylic acid groups (broad SMARTS) is 1. The Morgan fingerprint density at radius 2 is 1.18 bits per heavy atom. The summed E-state index contributed by atoms with van der Waals surface area (Å²) in [5.74, 6) is -0.692. The van der Waals surface area contributed by atoms with Gasteiger partial charge in [0.05, 0.1) is 16.9 Å². The molecule has 4 aromatic carbocycles. The van der Waals surface area contributed by atoms with Crippen molar-refractivity contribution in [2.45, 2.75) is 36.5 Å². The van der Waals surface area contributed by atoms with E-state index in [2.05, 4.69) is 36.4 Å². The predicted octanol–water partition coefficient (Wildman–Crippen LogP) is 3.18. The molecule has 0 spiro atoms. The number of rotatable bonds is 3. The summed E-state index contributed by atoms with van der Waals surface area (Å²) in [5.41, 5.74) is 1.37. The summed E-state index contributed by atoms with van der Waals surface area (Å²) in [4.78, 5) is 11.2. The monoisotopic (exact) mass is 461 g/mol. The standard InChI is InChI=1S/C14H11N.C14H12O2.K.H2O/c15-10-14(7-8-14)13-6-5-11-3-1-2-4-12(11)9-13;15-13(16)14(7-8-14)12-6-5-10-3-1-2-4-11(10)9-12;;/h1-6,9H,7-8H2;1-6,9H,7-8H2,(H,15,16);;1H2/q;;+1;/p-1. The Morgan fingerprint density at radius 1 is 0.727 bits per heavy atom. The summed E-state index contributed by atoms with van der Waals surface area (Å²) in [6, 6.07) is 31.1. The van der Waals surface area contributed by atoms with Gasteiger partial charge in [-0.1, -0.05) is 78.9 Å². The molecule has 2 N–H and O–H groups in total. The minimum atomic E-state index is -0.692. The first-order chi connectivity index (χ1) is 15.1. The van der Waals surface area contributed by atoms with E-state index in [1.807, 2.05) is 54.6 Å². The van der Waals surface area contributed by atoms with Crippen LogP contribution in [0.5, 0.6) is 0 Å². The first kappa shape index (κ1) is 25.6. The zero-order chi connectivity index (χ0) is 21.5. The predicted molar refractivity (Wildman–Crippen MR) is 125 cm³/mol. The number of hydrogen-bond donors (Lipinski definition) is 1. The number of benzene rings is 4. The molecule has 160 valence electrons. The van der Waals surface area contributed by atoms with Crippen molar-refractivity contribution in [3.63, 3.8) is 0 Å². The second-order valence-corrected chi connectivity index (χ2v) is 8.71. The van der Waals surface area contributed by atoms with Crippen LogP contribution < -0.4 is 51.4 Å². The molecular formula is C28H24KNO3. The largest absolute Gasteiger partial charge is 1.00 e. The second-order valence-electron chi connectivity index (χ2n) is 8.71. The number of nitrogens with zero attached hydrogens (tertiary/aromatic N) is 1. The van der Waals surface area contributed by atoms with Gasteiger partial charge in [-0.25, -0.2) is 0 Å². The van der Waals surface area contributed by atoms with Crippen LogP contribution in [0.2, 0.25) is 0 Å². The number of hydrogen-bond acceptors (Lipinski definition) is 3. The van der Waals surface area contributed by atoms with E-state index in [9.17, 15) is 9.90 Å². The molecule has 0 amide bonds. The first-order valence-electron chi connectivity index (χ1n) is 10.7. The second kappa shape index (κ2) is 10.1. The van der Waals surface area contributed by atoms with Crippen LogP contribution >= 0.6 is 0 Å². The average molecular weight is 462 g/mol. The van der Waals surface area contributed by atoms with Gasteiger partial charge in [0.25, 0.3) is 0 Å². The van der Waals surface area contributed by atoms with Crippen LogP contribution in [0, 0.1) is 11.3 Å². The van der Waals surface area contributed by atoms with Crippen LogP contribution in [0.4, 0.5) is 0 Å². The topological polar surface area (TPSA) is 91.1 Å². The molecule has 0 heterocycles. The van der Waals surface area contributed by atoms with Crippen molar-refractivity contribution < 1.29 is 66.8 Å². The van der Waals surface area contributed by atoms with Gasteiger partial charge >= 0.3 is 57.4 Å². The molecule has 6 rings (SSSR count). The molecule has 0 bridgehead atoms. The minimum Gasteiger partial charge on any atom is -0.870 e. The van der Waals surface area contributed by atoms with E-state index in [4.69, 9.17) is 5.26 Å². The molecule has 2 saturated carbocycles. The minimum absolute atomic E-state index is 0. The van der Waals surface area contributed by atoms with Crippen LogP contribution in [-0.4, -0.2) is 16.6 Å². The number of carbonyl (C=O) groups is 1. The van der Waals surface area contributed by atoms with E-state index in [1.54, 1.807) is 0 Å². The van der Waals surface area contributed by atoms with Crippen LogP contribution in [-0.2, 0) is 15.6 Å². The fraction of sp³-hybridized carbons (Fsp3) is 0.214. The van der Waals surface area contributed by atoms with Crippen molar-refractivity contribution in [2.75, 3.05) is 0 Å². The molecular weight excluding hydrogens is 437 g/mol. The van der Waals surface area contributed by atoms with E-state index < -0.39 is 11.4 Å². The van der Waals surface area contributed by atoms with Crippen molar-refractivity contribution >= 4 is 27.5 Å². The summed E-state index contributed by atoms with van der Waals surface area (Å²) in [7, 11) is 0. The molecule has 0 radical (unpaired) electrons. The molecule has 2 aliphatic carbocycles. The average Bonchev–Trinajstić information content (AvgIpc) is 3.73. The third-order valence-electron chi connectivity index (χ3n) is 6.73. The van der Waals surface area contributed by atoms with Crippen LogP contribution in [0.15, 0.2) is 84.9 Å². The van der Waals surface area contributed by atoms with Gasteiger partial charge in [0.15, 0.2) is 0 Å². The zero-order valence-corrected chi connectivity index (χ0v) is 21.8. The molecule has 5 heteroatoms. The maximum atomic E-state index is 11.2. The fourth-order valence-corrected chi connectivity index (χ4v) is 4.32. The van der Waals surface area contributed by atoms with Crippen molar-refractivity contribution in [2.24, 2.45) is 0 Å². The third kappa shape index (κ3) is 4.92. The molecule has 0 saturated heterocycles. The molecule has 4 aromatic rings. The normalized spacial score (nSPS) is 16.2. The summed E-state index contributed by atoms with van der Waals surface area (Å²) >= 11 is 0. The molecule has 4 nitrogen and oxygen atoms in total. The van der Waals surface area contributed by atoms with Gasteiger partial charge in [0.1, 0.15) is 0 Å². The Labute approximate surface area is 236 Å². The van der Waals surface area contributed by atoms with Crippen molar-refractivity contribution in [1.82, 2.24) is 0 Å². The maximum absolute atomic E-state index is 11.2. The first-order valence-corrected chi connectivity index (χ1v) is 10.7. The van der Waals surface area contributed by atoms with E-state index in [1.165, 1.54) is 16.3 Å². The Bertz CT molecular complexity index is 1350. The Balaban J connectivity index is 0.000000175. The Hall–Kier alpha value is -2.04. The van der Waals surface area contributed by atoms with Crippen molar-refractivity contribution in [3.05, 3.63) is 96.1 Å². The smallest absolute Gasteiger partial charge is 0.870 e. The SMILES string of the molecule is N#CC1(c2ccc3ccccc3c2)CC1.O=C(O)C1(c2ccc3ccccc3c2)CC1.[K+].[OH-]. The van der Waals surface area contributed by atoms with Gasteiger partial charge in [-0.3, -0.25) is 4.79 Å². The quantitative estimate of drug-likeness (QED) is 0.475. The van der Waals surface area contributed by atoms with Gasteiger partial charge in [0.2, 0.25) is 0 Å². The fourth-order valence-electron chi connectivity index (χ4n) is 4.32. The Morgan fingerprint density at radius 3 is 1.61 bits per heavy atom. The van der Waals surface area contributed by atoms with E-state index in [0.29, 0.717) is 0 Å². The van der Waals surface area contributed by atoms with Crippen molar-refractivity contribution in [1.29, 1.82) is 5.26 Å². The van der Waals surface area contributed by atoms with Crippen LogP contribution in [0.3, 0.4) is 0 Å². The van der Waals surface area contributed by atoms with Gasteiger partial charge < -0.3 is 10.6 Å². The summed E-state index contributed by atoms with van der Waals surface area (Å²) in [5, 5.41) is 23.1. The summed E-state index contributed by atoms with van der Waals surface area (Å²) in [6.45, 7) is 0. The molecule has 2 aliphatic rings. The Kier molecular flexibility index (Phi) is 7.80. The van der Waals surface area contributed by atoms with Gasteiger partial charge in [-0.2, -0.15) is 5.26 Å². The molecule has 0 aromatic heterocycles. The summed E-state index contributed by atoms with van der Waals surface area (Å²) in [6.07, 6.45) is 3.56. The summed E-state index contributed by atoms with van der Waals surface area (Å²) < 4.78 is 0. The van der Waals surface area contributed by atoms with E-state index >= 15 is 0 Å². The number of fused-ring (bicyclic) bond motifs is 2. The maximum Gasteiger partial charge on any atom is 1.00 e. The molecule has 0 atom stereocenters. The molecule has 33 heavy (non-hydrogen) atoms. The number of aliphatic carboxylic acids is 1. The number of carboxylic acids is 1. The van der Waals surface area contributed by atoms with Gasteiger partial charge in [-0.15, -0.1) is 0 Å². The van der Waals surface area contributed by atoms with Gasteiger partial charge in [-0.05, 0) is 64.4 Å². The van der Waals surface area contributed by atoms with E-state index in [0.717, 1.165) is 42.0 Å².